The highest BCUT2D eigenvalue weighted by Gasteiger charge is 2.25. The van der Waals surface area contributed by atoms with Crippen molar-refractivity contribution in [3.05, 3.63) is 47.5 Å². The average molecular weight is 370 g/mol. The number of benzene rings is 2. The predicted octanol–water partition coefficient (Wildman–Crippen LogP) is 3.10. The Labute approximate surface area is 160 Å². The SMILES string of the molecule is COc1cc(NC(=O)C(C)N2CCc3ccccc3C2)cc(OC)c1OC. The number of carbonyl (C=O) groups is 1. The van der Waals surface area contributed by atoms with E-state index in [0.29, 0.717) is 22.9 Å². The summed E-state index contributed by atoms with van der Waals surface area (Å²) in [6.07, 6.45) is 0.956. The number of rotatable bonds is 6. The molecule has 0 aromatic heterocycles. The molecule has 1 aliphatic heterocycles. The molecule has 6 nitrogen and oxygen atoms in total. The lowest BCUT2D eigenvalue weighted by Gasteiger charge is -2.32. The first-order valence-corrected chi connectivity index (χ1v) is 8.99. The molecule has 0 bridgehead atoms. The van der Waals surface area contributed by atoms with Crippen LogP contribution in [-0.2, 0) is 17.8 Å². The second kappa shape index (κ2) is 8.31. The number of methoxy groups -OCH3 is 3. The minimum Gasteiger partial charge on any atom is -0.493 e. The average Bonchev–Trinajstić information content (AvgIpc) is 2.71. The van der Waals surface area contributed by atoms with Crippen molar-refractivity contribution in [3.63, 3.8) is 0 Å². The molecule has 0 saturated carbocycles. The zero-order chi connectivity index (χ0) is 19.4. The second-order valence-electron chi connectivity index (χ2n) is 6.57. The maximum Gasteiger partial charge on any atom is 0.241 e. The quantitative estimate of drug-likeness (QED) is 0.847. The van der Waals surface area contributed by atoms with Crippen LogP contribution in [-0.4, -0.2) is 44.7 Å². The molecule has 1 N–H and O–H groups in total. The first kappa shape index (κ1) is 19.0. The highest BCUT2D eigenvalue weighted by atomic mass is 16.5. The van der Waals surface area contributed by atoms with E-state index in [1.807, 2.05) is 13.0 Å². The number of nitrogens with one attached hydrogen (secondary N) is 1. The molecule has 1 aliphatic rings. The van der Waals surface area contributed by atoms with Gasteiger partial charge in [0.25, 0.3) is 0 Å². The van der Waals surface area contributed by atoms with Gasteiger partial charge in [-0.25, -0.2) is 0 Å². The first-order chi connectivity index (χ1) is 13.1. The molecule has 6 heteroatoms. The van der Waals surface area contributed by atoms with Crippen LogP contribution in [0.5, 0.6) is 17.2 Å². The van der Waals surface area contributed by atoms with Crippen molar-refractivity contribution in [2.75, 3.05) is 33.2 Å². The fourth-order valence-corrected chi connectivity index (χ4v) is 3.41. The highest BCUT2D eigenvalue weighted by Crippen LogP contribution is 2.40. The molecule has 2 aromatic carbocycles. The summed E-state index contributed by atoms with van der Waals surface area (Å²) in [7, 11) is 4.66. The molecule has 0 fully saturated rings. The number of fused-ring (bicyclic) bond motifs is 1. The molecule has 3 rings (SSSR count). The third-order valence-corrected chi connectivity index (χ3v) is 5.02. The lowest BCUT2D eigenvalue weighted by atomic mass is 9.99. The molecule has 0 spiro atoms. The van der Waals surface area contributed by atoms with Gasteiger partial charge in [0, 0.05) is 30.9 Å². The predicted molar refractivity (Wildman–Crippen MR) is 105 cm³/mol. The summed E-state index contributed by atoms with van der Waals surface area (Å²) in [5, 5.41) is 2.97. The molecule has 0 radical (unpaired) electrons. The Kier molecular flexibility index (Phi) is 5.86. The van der Waals surface area contributed by atoms with E-state index in [0.717, 1.165) is 19.5 Å². The summed E-state index contributed by atoms with van der Waals surface area (Å²) in [6, 6.07) is 11.6. The molecule has 1 heterocycles. The molecule has 0 saturated heterocycles. The molecule has 1 unspecified atom stereocenters. The van der Waals surface area contributed by atoms with Gasteiger partial charge in [-0.1, -0.05) is 24.3 Å². The van der Waals surface area contributed by atoms with Gasteiger partial charge in [0.05, 0.1) is 27.4 Å². The largest absolute Gasteiger partial charge is 0.493 e. The molecule has 2 aromatic rings. The van der Waals surface area contributed by atoms with Crippen LogP contribution in [0.25, 0.3) is 0 Å². The van der Waals surface area contributed by atoms with E-state index >= 15 is 0 Å². The molecular formula is C21H26N2O4. The Morgan fingerprint density at radius 2 is 1.67 bits per heavy atom. The van der Waals surface area contributed by atoms with E-state index in [4.69, 9.17) is 14.2 Å². The van der Waals surface area contributed by atoms with Gasteiger partial charge < -0.3 is 19.5 Å². The molecule has 1 amide bonds. The van der Waals surface area contributed by atoms with Crippen LogP contribution in [0, 0.1) is 0 Å². The third kappa shape index (κ3) is 4.01. The van der Waals surface area contributed by atoms with Crippen LogP contribution < -0.4 is 19.5 Å². The number of carbonyl (C=O) groups excluding carboxylic acids is 1. The molecule has 0 aliphatic carbocycles. The van der Waals surface area contributed by atoms with Crippen molar-refractivity contribution in [2.24, 2.45) is 0 Å². The number of amides is 1. The summed E-state index contributed by atoms with van der Waals surface area (Å²) >= 11 is 0. The lowest BCUT2D eigenvalue weighted by Crippen LogP contribution is -2.44. The van der Waals surface area contributed by atoms with Crippen LogP contribution in [0.3, 0.4) is 0 Å². The Morgan fingerprint density at radius 1 is 1.04 bits per heavy atom. The van der Waals surface area contributed by atoms with Crippen LogP contribution in [0.1, 0.15) is 18.1 Å². The fourth-order valence-electron chi connectivity index (χ4n) is 3.41. The Balaban J connectivity index is 1.73. The van der Waals surface area contributed by atoms with E-state index in [1.54, 1.807) is 33.5 Å². The first-order valence-electron chi connectivity index (χ1n) is 8.99. The summed E-state index contributed by atoms with van der Waals surface area (Å²) in [4.78, 5) is 15.0. The fraction of sp³-hybridized carbons (Fsp3) is 0.381. The Morgan fingerprint density at radius 3 is 2.26 bits per heavy atom. The van der Waals surface area contributed by atoms with Crippen molar-refractivity contribution in [1.29, 1.82) is 0 Å². The van der Waals surface area contributed by atoms with Gasteiger partial charge in [-0.2, -0.15) is 0 Å². The monoisotopic (exact) mass is 370 g/mol. The normalized spacial score (nSPS) is 14.8. The van der Waals surface area contributed by atoms with E-state index < -0.39 is 0 Å². The van der Waals surface area contributed by atoms with Crippen LogP contribution >= 0.6 is 0 Å². The van der Waals surface area contributed by atoms with Gasteiger partial charge in [-0.3, -0.25) is 9.69 Å². The molecule has 27 heavy (non-hydrogen) atoms. The number of hydrogen-bond acceptors (Lipinski definition) is 5. The van der Waals surface area contributed by atoms with Gasteiger partial charge in [0.1, 0.15) is 0 Å². The van der Waals surface area contributed by atoms with Gasteiger partial charge >= 0.3 is 0 Å². The number of anilines is 1. The summed E-state index contributed by atoms with van der Waals surface area (Å²) in [6.45, 7) is 3.57. The van der Waals surface area contributed by atoms with E-state index in [-0.39, 0.29) is 11.9 Å². The van der Waals surface area contributed by atoms with E-state index in [1.165, 1.54) is 11.1 Å². The Hall–Kier alpha value is -2.73. The van der Waals surface area contributed by atoms with Crippen LogP contribution in [0.15, 0.2) is 36.4 Å². The van der Waals surface area contributed by atoms with Crippen molar-refractivity contribution < 1.29 is 19.0 Å². The summed E-state index contributed by atoms with van der Waals surface area (Å²) in [5.41, 5.74) is 3.26. The zero-order valence-corrected chi connectivity index (χ0v) is 16.2. The van der Waals surface area contributed by atoms with E-state index in [2.05, 4.69) is 28.4 Å². The molecule has 144 valence electrons. The maximum absolute atomic E-state index is 12.8. The van der Waals surface area contributed by atoms with Crippen molar-refractivity contribution in [2.45, 2.75) is 25.9 Å². The lowest BCUT2D eigenvalue weighted by molar-refractivity contribution is -0.121. The van der Waals surface area contributed by atoms with Gasteiger partial charge in [-0.15, -0.1) is 0 Å². The zero-order valence-electron chi connectivity index (χ0n) is 16.2. The smallest absolute Gasteiger partial charge is 0.241 e. The number of nitrogens with zero attached hydrogens (tertiary/aromatic N) is 1. The van der Waals surface area contributed by atoms with Gasteiger partial charge in [0.15, 0.2) is 11.5 Å². The maximum atomic E-state index is 12.8. The van der Waals surface area contributed by atoms with E-state index in [9.17, 15) is 4.79 Å². The highest BCUT2D eigenvalue weighted by molar-refractivity contribution is 5.95. The standard InChI is InChI=1S/C21H26N2O4/c1-14(23-10-9-15-7-5-6-8-16(15)13-23)21(24)22-17-11-18(25-2)20(27-4)19(12-17)26-3/h5-8,11-12,14H,9-10,13H2,1-4H3,(H,22,24). The number of ether oxygens (including phenoxy) is 3. The van der Waals surface area contributed by atoms with Crippen molar-refractivity contribution >= 4 is 11.6 Å². The molecular weight excluding hydrogens is 344 g/mol. The minimum atomic E-state index is -0.252. The van der Waals surface area contributed by atoms with Crippen molar-refractivity contribution in [1.82, 2.24) is 4.90 Å². The molecule has 1 atom stereocenters. The van der Waals surface area contributed by atoms with Gasteiger partial charge in [0.2, 0.25) is 11.7 Å². The Bertz CT molecular complexity index is 797. The number of hydrogen-bond donors (Lipinski definition) is 1. The minimum absolute atomic E-state index is 0.0661. The van der Waals surface area contributed by atoms with Crippen LogP contribution in [0.2, 0.25) is 0 Å². The van der Waals surface area contributed by atoms with Gasteiger partial charge in [-0.05, 0) is 24.5 Å². The van der Waals surface area contributed by atoms with Crippen LogP contribution in [0.4, 0.5) is 5.69 Å². The third-order valence-electron chi connectivity index (χ3n) is 5.02. The van der Waals surface area contributed by atoms with Crippen molar-refractivity contribution in [3.8, 4) is 17.2 Å². The summed E-state index contributed by atoms with van der Waals surface area (Å²) < 4.78 is 16.0. The summed E-state index contributed by atoms with van der Waals surface area (Å²) in [5.74, 6) is 1.45. The topological polar surface area (TPSA) is 60.0 Å². The second-order valence-corrected chi connectivity index (χ2v) is 6.57.